The van der Waals surface area contributed by atoms with Gasteiger partial charge in [-0.2, -0.15) is 5.26 Å². The first-order valence-electron chi connectivity index (χ1n) is 4.35. The summed E-state index contributed by atoms with van der Waals surface area (Å²) in [5, 5.41) is 8.18. The van der Waals surface area contributed by atoms with Crippen molar-refractivity contribution >= 4 is 11.8 Å². The minimum absolute atomic E-state index is 0.276. The molecule has 4 heteroatoms. The zero-order valence-corrected chi connectivity index (χ0v) is 7.97. The Morgan fingerprint density at radius 1 is 1.27 bits per heavy atom. The predicted octanol–water partition coefficient (Wildman–Crippen LogP) is 1.33. The van der Waals surface area contributed by atoms with Crippen molar-refractivity contribution in [3.8, 4) is 6.07 Å². The van der Waals surface area contributed by atoms with Crippen LogP contribution in [-0.4, -0.2) is 18.4 Å². The zero-order chi connectivity index (χ0) is 11.1. The molecule has 0 aliphatic heterocycles. The average molecular weight is 203 g/mol. The molecule has 0 amide bonds. The maximum absolute atomic E-state index is 11.4. The van der Waals surface area contributed by atoms with Crippen molar-refractivity contribution in [2.45, 2.75) is 6.42 Å². The van der Waals surface area contributed by atoms with Crippen molar-refractivity contribution in [3.63, 3.8) is 0 Å². The lowest BCUT2D eigenvalue weighted by Crippen LogP contribution is -2.13. The summed E-state index contributed by atoms with van der Waals surface area (Å²) in [5.41, 5.74) is 0.488. The van der Waals surface area contributed by atoms with E-state index in [9.17, 15) is 9.59 Å². The molecular formula is C11H9NO3. The lowest BCUT2D eigenvalue weighted by atomic mass is 10.1. The van der Waals surface area contributed by atoms with E-state index < -0.39 is 5.97 Å². The number of nitriles is 1. The molecule has 1 aromatic carbocycles. The van der Waals surface area contributed by atoms with Crippen LogP contribution in [0.15, 0.2) is 30.3 Å². The van der Waals surface area contributed by atoms with Gasteiger partial charge in [-0.15, -0.1) is 0 Å². The van der Waals surface area contributed by atoms with E-state index >= 15 is 0 Å². The molecule has 0 heterocycles. The Labute approximate surface area is 87.1 Å². The number of carbonyl (C=O) groups excluding carboxylic acids is 2. The number of carbonyl (C=O) groups is 2. The van der Waals surface area contributed by atoms with Crippen LogP contribution < -0.4 is 0 Å². The van der Waals surface area contributed by atoms with Gasteiger partial charge in [0.1, 0.15) is 6.42 Å². The van der Waals surface area contributed by atoms with Gasteiger partial charge in [-0.05, 0) is 0 Å². The number of hydrogen-bond acceptors (Lipinski definition) is 4. The molecule has 0 radical (unpaired) electrons. The average Bonchev–Trinajstić information content (AvgIpc) is 2.27. The fraction of sp³-hybridized carbons (Fsp3) is 0.182. The van der Waals surface area contributed by atoms with E-state index in [2.05, 4.69) is 4.74 Å². The summed E-state index contributed by atoms with van der Waals surface area (Å²) in [5.74, 6) is -0.955. The second-order valence-corrected chi connectivity index (χ2v) is 2.78. The van der Waals surface area contributed by atoms with Gasteiger partial charge in [0.15, 0.2) is 12.4 Å². The third-order valence-electron chi connectivity index (χ3n) is 1.68. The molecule has 0 saturated carbocycles. The Morgan fingerprint density at radius 3 is 2.53 bits per heavy atom. The third-order valence-corrected chi connectivity index (χ3v) is 1.68. The van der Waals surface area contributed by atoms with E-state index in [0.717, 1.165) is 0 Å². The quantitative estimate of drug-likeness (QED) is 0.546. The Balaban J connectivity index is 2.45. The molecule has 15 heavy (non-hydrogen) atoms. The summed E-state index contributed by atoms with van der Waals surface area (Å²) in [6, 6.07) is 10.2. The molecule has 0 N–H and O–H groups in total. The van der Waals surface area contributed by atoms with E-state index in [1.54, 1.807) is 36.4 Å². The van der Waals surface area contributed by atoms with Crippen molar-refractivity contribution in [2.75, 3.05) is 6.61 Å². The molecule has 76 valence electrons. The van der Waals surface area contributed by atoms with Crippen molar-refractivity contribution in [1.29, 1.82) is 5.26 Å². The highest BCUT2D eigenvalue weighted by Gasteiger charge is 2.08. The Bertz CT molecular complexity index is 392. The predicted molar refractivity (Wildman–Crippen MR) is 52.0 cm³/mol. The molecule has 0 spiro atoms. The van der Waals surface area contributed by atoms with Gasteiger partial charge in [0.25, 0.3) is 0 Å². The lowest BCUT2D eigenvalue weighted by molar-refractivity contribution is -0.141. The van der Waals surface area contributed by atoms with E-state index in [0.29, 0.717) is 5.56 Å². The van der Waals surface area contributed by atoms with E-state index in [4.69, 9.17) is 5.26 Å². The molecule has 0 unspecified atom stereocenters. The first kappa shape index (κ1) is 10.9. The Kier molecular flexibility index (Phi) is 4.05. The minimum atomic E-state index is -0.679. The number of esters is 1. The topological polar surface area (TPSA) is 67.2 Å². The Hall–Kier alpha value is -2.15. The van der Waals surface area contributed by atoms with Gasteiger partial charge < -0.3 is 4.74 Å². The monoisotopic (exact) mass is 203 g/mol. The second kappa shape index (κ2) is 5.55. The fourth-order valence-electron chi connectivity index (χ4n) is 0.969. The standard InChI is InChI=1S/C11H9NO3/c12-7-6-11(14)15-8-10(13)9-4-2-1-3-5-9/h1-5H,6,8H2. The van der Waals surface area contributed by atoms with Gasteiger partial charge in [-0.25, -0.2) is 0 Å². The molecule has 0 saturated heterocycles. The highest BCUT2D eigenvalue weighted by atomic mass is 16.5. The van der Waals surface area contributed by atoms with Crippen LogP contribution in [0.2, 0.25) is 0 Å². The van der Waals surface area contributed by atoms with Gasteiger partial charge >= 0.3 is 5.97 Å². The maximum Gasteiger partial charge on any atom is 0.320 e. The molecule has 0 atom stereocenters. The number of rotatable bonds is 4. The summed E-state index contributed by atoms with van der Waals surface area (Å²) in [6.45, 7) is -0.315. The lowest BCUT2D eigenvalue weighted by Gasteiger charge is -2.01. The molecular weight excluding hydrogens is 194 g/mol. The van der Waals surface area contributed by atoms with Crippen LogP contribution in [0.25, 0.3) is 0 Å². The number of ketones is 1. The number of benzene rings is 1. The van der Waals surface area contributed by atoms with Crippen LogP contribution >= 0.6 is 0 Å². The fourth-order valence-corrected chi connectivity index (χ4v) is 0.969. The summed E-state index contributed by atoms with van der Waals surface area (Å²) in [4.78, 5) is 22.2. The molecule has 0 fully saturated rings. The van der Waals surface area contributed by atoms with Crippen molar-refractivity contribution in [3.05, 3.63) is 35.9 Å². The molecule has 0 bridgehead atoms. The third kappa shape index (κ3) is 3.61. The number of ether oxygens (including phenoxy) is 1. The number of hydrogen-bond donors (Lipinski definition) is 0. The van der Waals surface area contributed by atoms with Crippen molar-refractivity contribution in [1.82, 2.24) is 0 Å². The van der Waals surface area contributed by atoms with E-state index in [1.165, 1.54) is 0 Å². The van der Waals surface area contributed by atoms with Crippen LogP contribution in [0.5, 0.6) is 0 Å². The highest BCUT2D eigenvalue weighted by molar-refractivity contribution is 5.97. The molecule has 1 aromatic rings. The van der Waals surface area contributed by atoms with E-state index in [-0.39, 0.29) is 18.8 Å². The maximum atomic E-state index is 11.4. The van der Waals surface area contributed by atoms with Crippen LogP contribution in [0, 0.1) is 11.3 Å². The van der Waals surface area contributed by atoms with Gasteiger partial charge in [-0.1, -0.05) is 30.3 Å². The second-order valence-electron chi connectivity index (χ2n) is 2.78. The van der Waals surface area contributed by atoms with Crippen LogP contribution in [0.1, 0.15) is 16.8 Å². The van der Waals surface area contributed by atoms with Gasteiger partial charge in [0.2, 0.25) is 0 Å². The minimum Gasteiger partial charge on any atom is -0.457 e. The highest BCUT2D eigenvalue weighted by Crippen LogP contribution is 2.00. The largest absolute Gasteiger partial charge is 0.457 e. The number of Topliss-reactive ketones (excluding diaryl/α,β-unsaturated/α-hetero) is 1. The van der Waals surface area contributed by atoms with Crippen LogP contribution in [0.4, 0.5) is 0 Å². The smallest absolute Gasteiger partial charge is 0.320 e. The molecule has 0 aliphatic carbocycles. The molecule has 0 aromatic heterocycles. The Morgan fingerprint density at radius 2 is 1.93 bits per heavy atom. The van der Waals surface area contributed by atoms with Gasteiger partial charge in [0.05, 0.1) is 6.07 Å². The van der Waals surface area contributed by atoms with Gasteiger partial charge in [-0.3, -0.25) is 9.59 Å². The van der Waals surface area contributed by atoms with Crippen molar-refractivity contribution < 1.29 is 14.3 Å². The number of nitrogens with zero attached hydrogens (tertiary/aromatic N) is 1. The van der Waals surface area contributed by atoms with E-state index in [1.807, 2.05) is 0 Å². The first-order valence-corrected chi connectivity index (χ1v) is 4.35. The summed E-state index contributed by atoms with van der Waals surface area (Å²) in [6.07, 6.45) is -0.331. The SMILES string of the molecule is N#CCC(=O)OCC(=O)c1ccccc1. The van der Waals surface area contributed by atoms with Crippen molar-refractivity contribution in [2.24, 2.45) is 0 Å². The van der Waals surface area contributed by atoms with Gasteiger partial charge in [0, 0.05) is 5.56 Å². The molecule has 4 nitrogen and oxygen atoms in total. The summed E-state index contributed by atoms with van der Waals surface area (Å²) in [7, 11) is 0. The van der Waals surface area contributed by atoms with Crippen LogP contribution in [-0.2, 0) is 9.53 Å². The van der Waals surface area contributed by atoms with Crippen LogP contribution in [0.3, 0.4) is 0 Å². The normalized spacial score (nSPS) is 9.00. The molecule has 0 aliphatic rings. The summed E-state index contributed by atoms with van der Waals surface area (Å²) < 4.78 is 4.59. The summed E-state index contributed by atoms with van der Waals surface area (Å²) >= 11 is 0. The first-order chi connectivity index (χ1) is 7.24. The molecule has 1 rings (SSSR count). The zero-order valence-electron chi connectivity index (χ0n) is 7.97.